The number of hydrogen-bond acceptors (Lipinski definition) is 5. The number of carbonyl (C=O) groups is 1. The monoisotopic (exact) mass is 286 g/mol. The lowest BCUT2D eigenvalue weighted by Crippen LogP contribution is -2.21. The first-order valence-corrected chi connectivity index (χ1v) is 6.87. The fraction of sp³-hybridized carbons (Fsp3) is 0.214. The third-order valence-corrected chi connectivity index (χ3v) is 3.58. The predicted octanol–water partition coefficient (Wildman–Crippen LogP) is 2.33. The number of anilines is 1. The van der Waals surface area contributed by atoms with E-state index in [1.807, 2.05) is 11.4 Å². The molecule has 0 aromatic carbocycles. The molecule has 20 heavy (non-hydrogen) atoms. The molecule has 2 aromatic rings. The number of hydrogen-bond donors (Lipinski definition) is 1. The summed E-state index contributed by atoms with van der Waals surface area (Å²) >= 11 is 1.52. The number of pyridine rings is 1. The van der Waals surface area contributed by atoms with Crippen LogP contribution >= 0.6 is 11.3 Å². The lowest BCUT2D eigenvalue weighted by molar-refractivity contribution is 0.0827. The molecule has 2 aromatic heterocycles. The van der Waals surface area contributed by atoms with Crippen LogP contribution in [0.5, 0.6) is 0 Å². The van der Waals surface area contributed by atoms with E-state index in [9.17, 15) is 4.79 Å². The Balaban J connectivity index is 2.05. The average Bonchev–Trinajstić information content (AvgIpc) is 2.92. The van der Waals surface area contributed by atoms with E-state index in [0.29, 0.717) is 23.5 Å². The Kier molecular flexibility index (Phi) is 4.33. The van der Waals surface area contributed by atoms with Gasteiger partial charge >= 0.3 is 0 Å². The van der Waals surface area contributed by atoms with Gasteiger partial charge in [-0.3, -0.25) is 4.79 Å². The first-order valence-electron chi connectivity index (χ1n) is 5.99. The summed E-state index contributed by atoms with van der Waals surface area (Å²) in [6.45, 7) is 0.582. The van der Waals surface area contributed by atoms with E-state index >= 15 is 0 Å². The van der Waals surface area contributed by atoms with Crippen molar-refractivity contribution in [2.75, 3.05) is 19.4 Å². The van der Waals surface area contributed by atoms with E-state index in [-0.39, 0.29) is 5.91 Å². The minimum absolute atomic E-state index is 0.0571. The summed E-state index contributed by atoms with van der Waals surface area (Å²) in [5, 5.41) is 13.7. The molecular weight excluding hydrogens is 272 g/mol. The van der Waals surface area contributed by atoms with Crippen molar-refractivity contribution in [3.63, 3.8) is 0 Å². The molecule has 0 aliphatic rings. The zero-order chi connectivity index (χ0) is 14.5. The minimum atomic E-state index is -0.0571. The Bertz CT molecular complexity index is 657. The van der Waals surface area contributed by atoms with Crippen LogP contribution in [-0.2, 0) is 6.54 Å². The predicted molar refractivity (Wildman–Crippen MR) is 78.6 cm³/mol. The molecule has 0 spiro atoms. The average molecular weight is 286 g/mol. The molecule has 0 aliphatic heterocycles. The third kappa shape index (κ3) is 3.33. The van der Waals surface area contributed by atoms with Crippen molar-refractivity contribution in [3.8, 4) is 6.07 Å². The first kappa shape index (κ1) is 14.0. The highest BCUT2D eigenvalue weighted by Crippen LogP contribution is 2.16. The summed E-state index contributed by atoms with van der Waals surface area (Å²) in [6.07, 6.45) is 1.61. The second kappa shape index (κ2) is 6.17. The third-order valence-electron chi connectivity index (χ3n) is 2.64. The molecule has 0 aliphatic carbocycles. The number of nitrogens with one attached hydrogen (secondary N) is 1. The largest absolute Gasteiger partial charge is 0.365 e. The van der Waals surface area contributed by atoms with Crippen LogP contribution in [0.15, 0.2) is 29.8 Å². The van der Waals surface area contributed by atoms with Gasteiger partial charge in [-0.25, -0.2) is 4.98 Å². The maximum atomic E-state index is 11.8. The maximum absolute atomic E-state index is 11.8. The molecule has 2 heterocycles. The summed E-state index contributed by atoms with van der Waals surface area (Å²) in [4.78, 5) is 18.6. The summed E-state index contributed by atoms with van der Waals surface area (Å²) in [5.74, 6) is 0.586. The van der Waals surface area contributed by atoms with Crippen molar-refractivity contribution in [1.29, 1.82) is 5.26 Å². The van der Waals surface area contributed by atoms with Crippen molar-refractivity contribution in [1.82, 2.24) is 9.88 Å². The summed E-state index contributed by atoms with van der Waals surface area (Å²) < 4.78 is 0. The quantitative estimate of drug-likeness (QED) is 0.936. The van der Waals surface area contributed by atoms with Crippen molar-refractivity contribution in [2.24, 2.45) is 0 Å². The van der Waals surface area contributed by atoms with E-state index in [2.05, 4.69) is 16.4 Å². The lowest BCUT2D eigenvalue weighted by Gasteiger charge is -2.11. The van der Waals surface area contributed by atoms with Crippen LogP contribution in [0, 0.1) is 11.3 Å². The Labute approximate surface area is 121 Å². The van der Waals surface area contributed by atoms with Gasteiger partial charge in [-0.1, -0.05) is 0 Å². The van der Waals surface area contributed by atoms with Crippen LogP contribution in [-0.4, -0.2) is 29.9 Å². The van der Waals surface area contributed by atoms with Gasteiger partial charge in [-0.05, 0) is 18.2 Å². The molecule has 0 bridgehead atoms. The van der Waals surface area contributed by atoms with Crippen LogP contribution in [0.25, 0.3) is 0 Å². The summed E-state index contributed by atoms with van der Waals surface area (Å²) in [6, 6.07) is 7.35. The number of carbonyl (C=O) groups excluding carboxylic acids is 1. The van der Waals surface area contributed by atoms with Crippen molar-refractivity contribution in [3.05, 3.63) is 45.8 Å². The molecule has 0 fully saturated rings. The first-order chi connectivity index (χ1) is 9.60. The van der Waals surface area contributed by atoms with Gasteiger partial charge in [0.05, 0.1) is 12.1 Å². The number of amides is 1. The van der Waals surface area contributed by atoms with Gasteiger partial charge in [0.15, 0.2) is 0 Å². The zero-order valence-corrected chi connectivity index (χ0v) is 12.1. The molecule has 0 radical (unpaired) electrons. The van der Waals surface area contributed by atoms with Gasteiger partial charge in [0.25, 0.3) is 5.91 Å². The van der Waals surface area contributed by atoms with Crippen LogP contribution in [0.2, 0.25) is 0 Å². The SMILES string of the molecule is CN(C)C(=O)c1ccnc(NCc2cc(C#N)cs2)c1. The number of nitriles is 1. The maximum Gasteiger partial charge on any atom is 0.253 e. The van der Waals surface area contributed by atoms with Crippen LogP contribution in [0.1, 0.15) is 20.8 Å². The molecule has 6 heteroatoms. The standard InChI is InChI=1S/C14H14N4OS/c1-18(2)14(19)11-3-4-16-13(6-11)17-8-12-5-10(7-15)9-20-12/h3-6,9H,8H2,1-2H3,(H,16,17). The molecule has 1 N–H and O–H groups in total. The van der Waals surface area contributed by atoms with Gasteiger partial charge in [-0.2, -0.15) is 5.26 Å². The Hall–Kier alpha value is -2.39. The Morgan fingerprint density at radius 1 is 1.50 bits per heavy atom. The molecule has 0 unspecified atom stereocenters. The molecule has 1 amide bonds. The highest BCUT2D eigenvalue weighted by Gasteiger charge is 2.08. The van der Waals surface area contributed by atoms with Gasteiger partial charge in [0, 0.05) is 36.1 Å². The van der Waals surface area contributed by atoms with Gasteiger partial charge in [-0.15, -0.1) is 11.3 Å². The molecule has 5 nitrogen and oxygen atoms in total. The van der Waals surface area contributed by atoms with E-state index < -0.39 is 0 Å². The summed E-state index contributed by atoms with van der Waals surface area (Å²) in [5.41, 5.74) is 1.26. The van der Waals surface area contributed by atoms with E-state index in [4.69, 9.17) is 5.26 Å². The number of aromatic nitrogens is 1. The van der Waals surface area contributed by atoms with Crippen molar-refractivity contribution in [2.45, 2.75) is 6.54 Å². The second-order valence-electron chi connectivity index (χ2n) is 4.40. The molecule has 102 valence electrons. The topological polar surface area (TPSA) is 69.0 Å². The smallest absolute Gasteiger partial charge is 0.253 e. The normalized spacial score (nSPS) is 9.85. The number of rotatable bonds is 4. The zero-order valence-electron chi connectivity index (χ0n) is 11.3. The van der Waals surface area contributed by atoms with Crippen LogP contribution in [0.3, 0.4) is 0 Å². The van der Waals surface area contributed by atoms with E-state index in [1.165, 1.54) is 16.2 Å². The van der Waals surface area contributed by atoms with E-state index in [1.54, 1.807) is 32.4 Å². The van der Waals surface area contributed by atoms with Crippen molar-refractivity contribution < 1.29 is 4.79 Å². The fourth-order valence-electron chi connectivity index (χ4n) is 1.63. The molecule has 2 rings (SSSR count). The number of thiophene rings is 1. The lowest BCUT2D eigenvalue weighted by atomic mass is 10.2. The van der Waals surface area contributed by atoms with Gasteiger partial charge in [0.1, 0.15) is 11.9 Å². The molecule has 0 saturated carbocycles. The number of nitrogens with zero attached hydrogens (tertiary/aromatic N) is 3. The van der Waals surface area contributed by atoms with E-state index in [0.717, 1.165) is 4.88 Å². The van der Waals surface area contributed by atoms with Crippen molar-refractivity contribution >= 4 is 23.1 Å². The Morgan fingerprint density at radius 3 is 2.95 bits per heavy atom. The highest BCUT2D eigenvalue weighted by molar-refractivity contribution is 7.10. The van der Waals surface area contributed by atoms with Gasteiger partial charge < -0.3 is 10.2 Å². The summed E-state index contributed by atoms with van der Waals surface area (Å²) in [7, 11) is 3.43. The fourth-order valence-corrected chi connectivity index (χ4v) is 2.38. The second-order valence-corrected chi connectivity index (χ2v) is 5.39. The highest BCUT2D eigenvalue weighted by atomic mass is 32.1. The minimum Gasteiger partial charge on any atom is -0.365 e. The van der Waals surface area contributed by atoms with Crippen LogP contribution in [0.4, 0.5) is 5.82 Å². The molecular formula is C14H14N4OS. The Morgan fingerprint density at radius 2 is 2.30 bits per heavy atom. The molecule has 0 saturated heterocycles. The molecule has 0 atom stereocenters. The van der Waals surface area contributed by atoms with Gasteiger partial charge in [0.2, 0.25) is 0 Å². The van der Waals surface area contributed by atoms with Crippen LogP contribution < -0.4 is 5.32 Å².